The number of carbonyl (C=O) groups excluding carboxylic acids is 1. The van der Waals surface area contributed by atoms with Gasteiger partial charge in [0.05, 0.1) is 0 Å². The zero-order valence-electron chi connectivity index (χ0n) is 13.3. The number of fused-ring (bicyclic) bond motifs is 2. The van der Waals surface area contributed by atoms with Crippen molar-refractivity contribution < 1.29 is 4.79 Å². The molecular weight excluding hydrogens is 284 g/mol. The predicted octanol–water partition coefficient (Wildman–Crippen LogP) is 4.06. The fourth-order valence-corrected chi connectivity index (χ4v) is 3.47. The zero-order valence-corrected chi connectivity index (χ0v) is 13.3. The van der Waals surface area contributed by atoms with Crippen LogP contribution in [-0.4, -0.2) is 22.3 Å². The summed E-state index contributed by atoms with van der Waals surface area (Å²) in [4.78, 5) is 18.2. The van der Waals surface area contributed by atoms with Crippen LogP contribution < -0.4 is 0 Å². The van der Waals surface area contributed by atoms with Crippen molar-refractivity contribution in [2.24, 2.45) is 0 Å². The Labute approximate surface area is 135 Å². The van der Waals surface area contributed by atoms with E-state index < -0.39 is 0 Å². The minimum Gasteiger partial charge on any atom is -0.350 e. The Morgan fingerprint density at radius 3 is 2.74 bits per heavy atom. The van der Waals surface area contributed by atoms with Crippen LogP contribution in [0.2, 0.25) is 0 Å². The van der Waals surface area contributed by atoms with Gasteiger partial charge in [-0.25, -0.2) is 0 Å². The summed E-state index contributed by atoms with van der Waals surface area (Å²) in [7, 11) is 0. The summed E-state index contributed by atoms with van der Waals surface area (Å²) in [5.41, 5.74) is 5.56. The number of carbonyl (C=O) groups is 1. The van der Waals surface area contributed by atoms with Crippen LogP contribution in [0.4, 0.5) is 0 Å². The number of amides is 1. The van der Waals surface area contributed by atoms with Gasteiger partial charge in [0.2, 0.25) is 0 Å². The molecule has 1 amide bonds. The van der Waals surface area contributed by atoms with Crippen molar-refractivity contribution in [2.75, 3.05) is 6.54 Å². The van der Waals surface area contributed by atoms with Gasteiger partial charge < -0.3 is 9.88 Å². The SMILES string of the molecule is Cc1cccc2cc(C(=O)N3CCCc4ccccc4C3)[nH]c12. The van der Waals surface area contributed by atoms with Gasteiger partial charge in [-0.15, -0.1) is 0 Å². The van der Waals surface area contributed by atoms with E-state index in [1.807, 2.05) is 23.1 Å². The van der Waals surface area contributed by atoms with E-state index in [4.69, 9.17) is 0 Å². The first-order valence-corrected chi connectivity index (χ1v) is 8.17. The van der Waals surface area contributed by atoms with Gasteiger partial charge in [-0.3, -0.25) is 4.79 Å². The lowest BCUT2D eigenvalue weighted by Gasteiger charge is -2.20. The maximum absolute atomic E-state index is 12.9. The summed E-state index contributed by atoms with van der Waals surface area (Å²) >= 11 is 0. The second-order valence-electron chi connectivity index (χ2n) is 6.32. The molecule has 116 valence electrons. The van der Waals surface area contributed by atoms with E-state index in [0.29, 0.717) is 12.2 Å². The van der Waals surface area contributed by atoms with Crippen molar-refractivity contribution in [2.45, 2.75) is 26.3 Å². The van der Waals surface area contributed by atoms with Gasteiger partial charge >= 0.3 is 0 Å². The lowest BCUT2D eigenvalue weighted by atomic mass is 10.0. The van der Waals surface area contributed by atoms with Crippen molar-refractivity contribution in [3.63, 3.8) is 0 Å². The number of para-hydroxylation sites is 1. The fourth-order valence-electron chi connectivity index (χ4n) is 3.47. The van der Waals surface area contributed by atoms with Crippen LogP contribution in [0.5, 0.6) is 0 Å². The first-order valence-electron chi connectivity index (χ1n) is 8.17. The zero-order chi connectivity index (χ0) is 15.8. The third-order valence-electron chi connectivity index (χ3n) is 4.74. The van der Waals surface area contributed by atoms with Crippen LogP contribution in [0.15, 0.2) is 48.5 Å². The highest BCUT2D eigenvalue weighted by Gasteiger charge is 2.21. The van der Waals surface area contributed by atoms with Gasteiger partial charge in [0, 0.05) is 24.0 Å². The predicted molar refractivity (Wildman–Crippen MR) is 92.5 cm³/mol. The van der Waals surface area contributed by atoms with Crippen molar-refractivity contribution in [3.8, 4) is 0 Å². The quantitative estimate of drug-likeness (QED) is 0.723. The van der Waals surface area contributed by atoms with Gasteiger partial charge in [0.25, 0.3) is 5.91 Å². The first kappa shape index (κ1) is 14.1. The Hall–Kier alpha value is -2.55. The highest BCUT2D eigenvalue weighted by Crippen LogP contribution is 2.23. The molecule has 2 heterocycles. The van der Waals surface area contributed by atoms with Crippen LogP contribution in [0, 0.1) is 6.92 Å². The van der Waals surface area contributed by atoms with Crippen LogP contribution >= 0.6 is 0 Å². The molecule has 0 radical (unpaired) electrons. The van der Waals surface area contributed by atoms with E-state index in [9.17, 15) is 4.79 Å². The fraction of sp³-hybridized carbons (Fsp3) is 0.250. The molecule has 2 aromatic carbocycles. The molecule has 1 aliphatic rings. The summed E-state index contributed by atoms with van der Waals surface area (Å²) in [6.07, 6.45) is 2.06. The van der Waals surface area contributed by atoms with Crippen molar-refractivity contribution in [1.29, 1.82) is 0 Å². The average molecular weight is 304 g/mol. The number of nitrogens with one attached hydrogen (secondary N) is 1. The van der Waals surface area contributed by atoms with Crippen LogP contribution in [-0.2, 0) is 13.0 Å². The number of hydrogen-bond donors (Lipinski definition) is 1. The Kier molecular flexibility index (Phi) is 3.41. The molecule has 0 unspecified atom stereocenters. The second-order valence-corrected chi connectivity index (χ2v) is 6.32. The molecule has 0 bridgehead atoms. The van der Waals surface area contributed by atoms with Crippen molar-refractivity contribution in [1.82, 2.24) is 9.88 Å². The standard InChI is InChI=1S/C20H20N2O/c1-14-6-4-9-16-12-18(21-19(14)16)20(23)22-11-5-10-15-7-2-3-8-17(15)13-22/h2-4,6-9,12,21H,5,10-11,13H2,1H3. The van der Waals surface area contributed by atoms with Crippen LogP contribution in [0.3, 0.4) is 0 Å². The van der Waals surface area contributed by atoms with Crippen LogP contribution in [0.1, 0.15) is 33.6 Å². The molecule has 0 spiro atoms. The van der Waals surface area contributed by atoms with E-state index in [1.54, 1.807) is 0 Å². The molecule has 0 atom stereocenters. The van der Waals surface area contributed by atoms with Gasteiger partial charge in [0.15, 0.2) is 0 Å². The van der Waals surface area contributed by atoms with Gasteiger partial charge in [-0.1, -0.05) is 42.5 Å². The highest BCUT2D eigenvalue weighted by atomic mass is 16.2. The summed E-state index contributed by atoms with van der Waals surface area (Å²) in [6.45, 7) is 3.57. The molecule has 3 nitrogen and oxygen atoms in total. The Morgan fingerprint density at radius 1 is 1.09 bits per heavy atom. The number of rotatable bonds is 1. The number of nitrogens with zero attached hydrogens (tertiary/aromatic N) is 1. The lowest BCUT2D eigenvalue weighted by molar-refractivity contribution is 0.0741. The Bertz CT molecular complexity index is 878. The summed E-state index contributed by atoms with van der Waals surface area (Å²) in [5, 5.41) is 1.10. The molecule has 1 N–H and O–H groups in total. The summed E-state index contributed by atoms with van der Waals surface area (Å²) in [5.74, 6) is 0.0947. The molecule has 1 aliphatic heterocycles. The Balaban J connectivity index is 1.66. The smallest absolute Gasteiger partial charge is 0.270 e. The number of hydrogen-bond acceptors (Lipinski definition) is 1. The maximum atomic E-state index is 12.9. The molecule has 1 aromatic heterocycles. The third kappa shape index (κ3) is 2.52. The number of aromatic amines is 1. The highest BCUT2D eigenvalue weighted by molar-refractivity contribution is 5.98. The molecule has 0 aliphatic carbocycles. The van der Waals surface area contributed by atoms with E-state index in [-0.39, 0.29) is 5.91 Å². The summed E-state index contributed by atoms with van der Waals surface area (Å²) in [6, 6.07) is 16.6. The molecule has 0 saturated heterocycles. The number of aryl methyl sites for hydroxylation is 2. The third-order valence-corrected chi connectivity index (χ3v) is 4.74. The molecule has 3 aromatic rings. The molecule has 0 fully saturated rings. The monoisotopic (exact) mass is 304 g/mol. The normalized spacial score (nSPS) is 14.6. The maximum Gasteiger partial charge on any atom is 0.270 e. The van der Waals surface area contributed by atoms with E-state index >= 15 is 0 Å². The number of benzene rings is 2. The number of aromatic nitrogens is 1. The topological polar surface area (TPSA) is 36.1 Å². The van der Waals surface area contributed by atoms with Gasteiger partial charge in [-0.2, -0.15) is 0 Å². The van der Waals surface area contributed by atoms with Gasteiger partial charge in [-0.05, 0) is 42.5 Å². The molecule has 23 heavy (non-hydrogen) atoms. The largest absolute Gasteiger partial charge is 0.350 e. The second kappa shape index (κ2) is 5.58. The molecular formula is C20H20N2O. The van der Waals surface area contributed by atoms with E-state index in [0.717, 1.165) is 30.3 Å². The van der Waals surface area contributed by atoms with Crippen molar-refractivity contribution >= 4 is 16.8 Å². The minimum absolute atomic E-state index is 0.0947. The average Bonchev–Trinajstić information content (AvgIpc) is 2.89. The van der Waals surface area contributed by atoms with Gasteiger partial charge in [0.1, 0.15) is 5.69 Å². The lowest BCUT2D eigenvalue weighted by Crippen LogP contribution is -2.30. The molecule has 0 saturated carbocycles. The summed E-state index contributed by atoms with van der Waals surface area (Å²) < 4.78 is 0. The van der Waals surface area contributed by atoms with Crippen molar-refractivity contribution in [3.05, 3.63) is 70.9 Å². The first-order chi connectivity index (χ1) is 11.2. The molecule has 4 rings (SSSR count). The minimum atomic E-state index is 0.0947. The number of H-pyrrole nitrogens is 1. The van der Waals surface area contributed by atoms with Crippen LogP contribution in [0.25, 0.3) is 10.9 Å². The van der Waals surface area contributed by atoms with E-state index in [2.05, 4.69) is 42.2 Å². The molecule has 3 heteroatoms. The van der Waals surface area contributed by atoms with E-state index in [1.165, 1.54) is 16.7 Å². The Morgan fingerprint density at radius 2 is 1.91 bits per heavy atom.